The molecule has 0 amide bonds. The summed E-state index contributed by atoms with van der Waals surface area (Å²) in [6.07, 6.45) is 2.01. The van der Waals surface area contributed by atoms with Crippen molar-refractivity contribution in [2.24, 2.45) is 0 Å². The summed E-state index contributed by atoms with van der Waals surface area (Å²) < 4.78 is 13.2. The van der Waals surface area contributed by atoms with E-state index in [2.05, 4.69) is 22.7 Å². The summed E-state index contributed by atoms with van der Waals surface area (Å²) in [7, 11) is 3.32. The van der Waals surface area contributed by atoms with Gasteiger partial charge in [-0.25, -0.2) is 4.98 Å². The second-order valence-corrected chi connectivity index (χ2v) is 6.91. The predicted molar refractivity (Wildman–Crippen MR) is 96.4 cm³/mol. The van der Waals surface area contributed by atoms with Crippen molar-refractivity contribution in [3.05, 3.63) is 34.5 Å². The first-order chi connectivity index (χ1) is 11.8. The van der Waals surface area contributed by atoms with Gasteiger partial charge in [0.2, 0.25) is 0 Å². The third-order valence-corrected chi connectivity index (χ3v) is 5.65. The van der Waals surface area contributed by atoms with Crippen LogP contribution in [0.3, 0.4) is 0 Å². The first kappa shape index (κ1) is 15.5. The van der Waals surface area contributed by atoms with Crippen molar-refractivity contribution in [1.29, 1.82) is 0 Å². The lowest BCUT2D eigenvalue weighted by molar-refractivity contribution is 0.355. The predicted octanol–water partition coefficient (Wildman–Crippen LogP) is 3.29. The number of nitrogens with one attached hydrogen (secondary N) is 1. The van der Waals surface area contributed by atoms with Gasteiger partial charge in [0.25, 0.3) is 0 Å². The Labute approximate surface area is 145 Å². The van der Waals surface area contributed by atoms with Crippen LogP contribution >= 0.6 is 11.3 Å². The monoisotopic (exact) mass is 343 g/mol. The molecule has 0 aliphatic carbocycles. The highest BCUT2D eigenvalue weighted by Gasteiger charge is 2.22. The molecule has 3 aromatic rings. The number of hydrogen-bond donors (Lipinski definition) is 1. The second kappa shape index (κ2) is 6.11. The molecule has 3 heterocycles. The number of imidazole rings is 1. The number of thiazole rings is 1. The van der Waals surface area contributed by atoms with Crippen LogP contribution < -0.4 is 14.8 Å². The molecule has 0 saturated heterocycles. The zero-order valence-corrected chi connectivity index (χ0v) is 15.0. The van der Waals surface area contributed by atoms with Crippen molar-refractivity contribution < 1.29 is 9.47 Å². The Balaban J connectivity index is 1.89. The van der Waals surface area contributed by atoms with Crippen LogP contribution in [0.5, 0.6) is 11.5 Å². The minimum absolute atomic E-state index is 0.736. The summed E-state index contributed by atoms with van der Waals surface area (Å²) in [5.41, 5.74) is 4.82. The molecular weight excluding hydrogens is 322 g/mol. The van der Waals surface area contributed by atoms with Crippen LogP contribution in [0.4, 0.5) is 0 Å². The highest BCUT2D eigenvalue weighted by atomic mass is 32.1. The van der Waals surface area contributed by atoms with E-state index in [0.717, 1.165) is 53.6 Å². The lowest BCUT2D eigenvalue weighted by Crippen LogP contribution is -2.23. The molecule has 0 bridgehead atoms. The molecule has 1 aromatic carbocycles. The van der Waals surface area contributed by atoms with E-state index in [4.69, 9.17) is 14.5 Å². The minimum Gasteiger partial charge on any atom is -0.493 e. The van der Waals surface area contributed by atoms with Crippen molar-refractivity contribution in [3.63, 3.8) is 0 Å². The summed E-state index contributed by atoms with van der Waals surface area (Å²) >= 11 is 1.80. The lowest BCUT2D eigenvalue weighted by Gasteiger charge is -2.14. The van der Waals surface area contributed by atoms with Gasteiger partial charge in [-0.05, 0) is 24.6 Å². The topological polar surface area (TPSA) is 47.8 Å². The molecule has 0 radical (unpaired) electrons. The summed E-state index contributed by atoms with van der Waals surface area (Å²) in [4.78, 5) is 7.45. The maximum absolute atomic E-state index is 5.45. The number of nitrogens with zero attached hydrogens (tertiary/aromatic N) is 2. The maximum Gasteiger partial charge on any atom is 0.194 e. The quantitative estimate of drug-likeness (QED) is 0.790. The highest BCUT2D eigenvalue weighted by Crippen LogP contribution is 2.36. The van der Waals surface area contributed by atoms with Crippen LogP contribution in [0.2, 0.25) is 0 Å². The van der Waals surface area contributed by atoms with Gasteiger partial charge < -0.3 is 14.8 Å². The Morgan fingerprint density at radius 3 is 2.83 bits per heavy atom. The van der Waals surface area contributed by atoms with Crippen molar-refractivity contribution in [2.75, 3.05) is 20.8 Å². The molecular formula is C18H21N3O2S. The molecule has 126 valence electrons. The molecule has 0 fully saturated rings. The number of rotatable bonds is 4. The lowest BCUT2D eigenvalue weighted by atomic mass is 10.1. The molecule has 1 aliphatic rings. The molecule has 0 unspecified atom stereocenters. The molecule has 5 nitrogen and oxygen atoms in total. The SMILES string of the molecule is CCc1c(-c2ccc(OC)c(OC)c2)nc2sc3c(n12)CCNC3. The van der Waals surface area contributed by atoms with Crippen molar-refractivity contribution >= 4 is 16.3 Å². The van der Waals surface area contributed by atoms with Gasteiger partial charge in [-0.15, -0.1) is 0 Å². The summed E-state index contributed by atoms with van der Waals surface area (Å²) in [5.74, 6) is 1.48. The Bertz CT molecular complexity index is 897. The first-order valence-electron chi connectivity index (χ1n) is 8.21. The van der Waals surface area contributed by atoms with Crippen molar-refractivity contribution in [2.45, 2.75) is 26.3 Å². The molecule has 1 N–H and O–H groups in total. The summed E-state index contributed by atoms with van der Waals surface area (Å²) in [6.45, 7) is 4.18. The molecule has 2 aromatic heterocycles. The van der Waals surface area contributed by atoms with Gasteiger partial charge >= 0.3 is 0 Å². The summed E-state index contributed by atoms with van der Waals surface area (Å²) in [5, 5.41) is 3.44. The second-order valence-electron chi connectivity index (χ2n) is 5.85. The van der Waals surface area contributed by atoms with Gasteiger partial charge in [0, 0.05) is 35.6 Å². The van der Waals surface area contributed by atoms with E-state index in [0.29, 0.717) is 0 Å². The standard InChI is InChI=1S/C18H21N3O2S/c1-4-12-17(11-5-6-14(22-2)15(9-11)23-3)20-18-21(12)13-7-8-19-10-16(13)24-18/h5-6,9,19H,4,7-8,10H2,1-3H3. The van der Waals surface area contributed by atoms with Crippen molar-refractivity contribution in [3.8, 4) is 22.8 Å². The Hall–Kier alpha value is -2.05. The molecule has 0 spiro atoms. The molecule has 6 heteroatoms. The average Bonchev–Trinajstić information content (AvgIpc) is 3.16. The first-order valence-corrected chi connectivity index (χ1v) is 9.03. The minimum atomic E-state index is 0.736. The van der Waals surface area contributed by atoms with Gasteiger partial charge in [0.1, 0.15) is 0 Å². The van der Waals surface area contributed by atoms with Crippen LogP contribution in [0.1, 0.15) is 23.2 Å². The largest absolute Gasteiger partial charge is 0.493 e. The normalized spacial score (nSPS) is 14.0. The Morgan fingerprint density at radius 2 is 2.08 bits per heavy atom. The third-order valence-electron chi connectivity index (χ3n) is 4.56. The number of benzene rings is 1. The van der Waals surface area contributed by atoms with Crippen LogP contribution in [0.15, 0.2) is 18.2 Å². The zero-order valence-electron chi connectivity index (χ0n) is 14.2. The smallest absolute Gasteiger partial charge is 0.194 e. The molecule has 4 rings (SSSR count). The number of aryl methyl sites for hydroxylation is 1. The van der Waals surface area contributed by atoms with Crippen LogP contribution in [-0.2, 0) is 19.4 Å². The number of fused-ring (bicyclic) bond motifs is 3. The van der Waals surface area contributed by atoms with Gasteiger partial charge in [-0.3, -0.25) is 4.40 Å². The molecule has 0 saturated carbocycles. The van der Waals surface area contributed by atoms with E-state index in [9.17, 15) is 0 Å². The van der Waals surface area contributed by atoms with Crippen LogP contribution in [-0.4, -0.2) is 30.1 Å². The highest BCUT2D eigenvalue weighted by molar-refractivity contribution is 7.17. The van der Waals surface area contributed by atoms with E-state index in [1.165, 1.54) is 16.3 Å². The number of methoxy groups -OCH3 is 2. The van der Waals surface area contributed by atoms with E-state index in [1.54, 1.807) is 25.6 Å². The van der Waals surface area contributed by atoms with Gasteiger partial charge in [-0.2, -0.15) is 0 Å². The van der Waals surface area contributed by atoms with Crippen LogP contribution in [0.25, 0.3) is 16.2 Å². The van der Waals surface area contributed by atoms with E-state index >= 15 is 0 Å². The Kier molecular flexibility index (Phi) is 3.94. The van der Waals surface area contributed by atoms with Crippen molar-refractivity contribution in [1.82, 2.24) is 14.7 Å². The third kappa shape index (κ3) is 2.29. The van der Waals surface area contributed by atoms with E-state index in [-0.39, 0.29) is 0 Å². The summed E-state index contributed by atoms with van der Waals surface area (Å²) in [6, 6.07) is 6.01. The molecule has 0 atom stereocenters. The fraction of sp³-hybridized carbons (Fsp3) is 0.389. The average molecular weight is 343 g/mol. The maximum atomic E-state index is 5.45. The van der Waals surface area contributed by atoms with E-state index in [1.807, 2.05) is 12.1 Å². The van der Waals surface area contributed by atoms with Gasteiger partial charge in [0.05, 0.1) is 25.6 Å². The zero-order chi connectivity index (χ0) is 16.7. The number of aromatic nitrogens is 2. The Morgan fingerprint density at radius 1 is 1.25 bits per heavy atom. The van der Waals surface area contributed by atoms with Gasteiger partial charge in [0.15, 0.2) is 16.5 Å². The fourth-order valence-electron chi connectivity index (χ4n) is 3.41. The van der Waals surface area contributed by atoms with Crippen LogP contribution in [0, 0.1) is 0 Å². The van der Waals surface area contributed by atoms with E-state index < -0.39 is 0 Å². The molecule has 1 aliphatic heterocycles. The van der Waals surface area contributed by atoms with Gasteiger partial charge in [-0.1, -0.05) is 18.3 Å². The number of ether oxygens (including phenoxy) is 2. The molecule has 24 heavy (non-hydrogen) atoms. The number of hydrogen-bond acceptors (Lipinski definition) is 5. The fourth-order valence-corrected chi connectivity index (χ4v) is 4.56.